The van der Waals surface area contributed by atoms with Crippen LogP contribution in [0.5, 0.6) is 0 Å². The van der Waals surface area contributed by atoms with Gasteiger partial charge < -0.3 is 46.4 Å². The Morgan fingerprint density at radius 1 is 1.18 bits per heavy atom. The highest BCUT2D eigenvalue weighted by Crippen LogP contribution is 2.65. The number of phosphoric acid groups is 2. The first-order valence-electron chi connectivity index (χ1n) is 13.1. The zero-order chi connectivity index (χ0) is 32.7. The molecule has 244 valence electrons. The summed E-state index contributed by atoms with van der Waals surface area (Å²) in [6.07, 6.45) is 2.13. The van der Waals surface area contributed by atoms with Crippen molar-refractivity contribution >= 4 is 39.2 Å². The second-order valence-electron chi connectivity index (χ2n) is 10.3. The number of primary amides is 1. The number of phosphoric ester groups is 2. The number of pyridine rings is 1. The number of nitrogens with two attached hydrogens (primary N) is 2. The minimum absolute atomic E-state index is 0.00367. The second-order valence-corrected chi connectivity index (χ2v) is 13.3. The number of amides is 1. The van der Waals surface area contributed by atoms with E-state index in [4.69, 9.17) is 20.7 Å². The molecule has 4 heterocycles. The van der Waals surface area contributed by atoms with Gasteiger partial charge in [0.05, 0.1) is 12.4 Å². The maximum absolute atomic E-state index is 12.5. The molecule has 22 heteroatoms. The summed E-state index contributed by atoms with van der Waals surface area (Å²) in [4.78, 5) is 68.2. The molecule has 1 saturated heterocycles. The Hall–Kier alpha value is -2.91. The fraction of sp³-hybridized carbons (Fsp3) is 0.435. The number of carbonyl (C=O) groups is 1. The van der Waals surface area contributed by atoms with Gasteiger partial charge in [0.25, 0.3) is 5.91 Å². The van der Waals surface area contributed by atoms with Crippen molar-refractivity contribution in [2.45, 2.75) is 42.8 Å². The van der Waals surface area contributed by atoms with Gasteiger partial charge in [0, 0.05) is 22.7 Å². The van der Waals surface area contributed by atoms with Crippen LogP contribution in [0, 0.1) is 5.92 Å². The van der Waals surface area contributed by atoms with E-state index in [1.54, 1.807) is 22.9 Å². The van der Waals surface area contributed by atoms with Crippen LogP contribution < -0.4 is 25.8 Å². The van der Waals surface area contributed by atoms with E-state index in [1.807, 2.05) is 0 Å². The molecule has 0 aromatic carbocycles. The monoisotopic (exact) mass is 674 g/mol. The van der Waals surface area contributed by atoms with Crippen molar-refractivity contribution in [2.75, 3.05) is 18.9 Å². The maximum Gasteiger partial charge on any atom is 0.434 e. The predicted molar refractivity (Wildman–Crippen MR) is 146 cm³/mol. The lowest BCUT2D eigenvalue weighted by Gasteiger charge is -2.29. The van der Waals surface area contributed by atoms with Crippen LogP contribution in [0.4, 0.5) is 5.82 Å². The highest BCUT2D eigenvalue weighted by molar-refractivity contribution is 7.66. The molecule has 10 N–H and O–H groups in total. The number of imidazole rings is 1. The summed E-state index contributed by atoms with van der Waals surface area (Å²) < 4.78 is 21.8. The fourth-order valence-corrected chi connectivity index (χ4v) is 6.96. The average molecular weight is 674 g/mol. The standard InChI is InChI=1S/C23H29N7O13P2/c24-19-16-21(27-10-26-19)30(11-28-16)22-17(32)18(33)23(35,42-22)9-41-45(38,39)43-44(36,37)40-8-13-3-4-14(6-15(13)31)29-5-1-2-12(7-29)20(25)34/h1-5,7,10-11,13-15,17-18,22,31-33,35H,6,8-9H2,(H5-,24,25,26,27,34,36,37,38,39)/p+1/t13-,14-,15+,17-,18+,22-,23+/m1/s1. The van der Waals surface area contributed by atoms with Crippen molar-refractivity contribution in [3.63, 3.8) is 0 Å². The molecular formula is C23H30N7O13P2+. The van der Waals surface area contributed by atoms with Gasteiger partial charge in [-0.1, -0.05) is 6.08 Å². The third-order valence-corrected chi connectivity index (χ3v) is 9.76. The number of allylic oxidation sites excluding steroid dienone is 1. The first kappa shape index (κ1) is 33.5. The molecule has 2 aliphatic rings. The van der Waals surface area contributed by atoms with Crippen molar-refractivity contribution in [1.29, 1.82) is 0 Å². The topological polar surface area (TPSA) is 321 Å². The third-order valence-electron chi connectivity index (χ3n) is 7.18. The van der Waals surface area contributed by atoms with Crippen LogP contribution in [-0.2, 0) is 18.1 Å². The lowest BCUT2D eigenvalue weighted by molar-refractivity contribution is -0.714. The number of fused-ring (bicyclic) bond motifs is 1. The third kappa shape index (κ3) is 7.25. The van der Waals surface area contributed by atoms with Crippen molar-refractivity contribution in [3.05, 3.63) is 54.9 Å². The number of nitrogens with zero attached hydrogens (tertiary/aromatic N) is 5. The zero-order valence-electron chi connectivity index (χ0n) is 23.0. The minimum atomic E-state index is -5.48. The number of hydrogen-bond donors (Lipinski definition) is 8. The number of aliphatic hydroxyl groups is 4. The second kappa shape index (κ2) is 12.7. The number of carbonyl (C=O) groups excluding carboxylic acids is 1. The van der Waals surface area contributed by atoms with Crippen molar-refractivity contribution in [2.24, 2.45) is 11.7 Å². The van der Waals surface area contributed by atoms with E-state index in [9.17, 15) is 44.8 Å². The van der Waals surface area contributed by atoms with Crippen LogP contribution in [0.1, 0.15) is 29.0 Å². The number of anilines is 1. The summed E-state index contributed by atoms with van der Waals surface area (Å²) in [5, 5.41) is 42.3. The van der Waals surface area contributed by atoms with Crippen LogP contribution in [-0.4, -0.2) is 93.0 Å². The summed E-state index contributed by atoms with van der Waals surface area (Å²) in [6.45, 7) is -1.93. The zero-order valence-corrected chi connectivity index (χ0v) is 24.8. The molecule has 1 aliphatic heterocycles. The quantitative estimate of drug-likeness (QED) is 0.0546. The largest absolute Gasteiger partial charge is 0.603 e. The van der Waals surface area contributed by atoms with Gasteiger partial charge in [0.1, 0.15) is 36.2 Å². The molecule has 2 unspecified atom stereocenters. The smallest absolute Gasteiger partial charge is 0.434 e. The SMILES string of the molecule is NC(=O)c1ccc[n+]([C@@H]2C=C[C@H](CO[P+]([O-])(O)O[P+]([O-])(O)OC[C@]3(O)O[C@@H](n4cnc5c(N)ncnc54)[C@H](O)[C@@H]3O)[C@@H](O)C2)c1. The Kier molecular flexibility index (Phi) is 9.45. The molecule has 3 aromatic rings. The molecule has 0 bridgehead atoms. The predicted octanol–water partition coefficient (Wildman–Crippen LogP) is -3.98. The molecule has 5 rings (SSSR count). The highest BCUT2D eigenvalue weighted by Gasteiger charge is 2.57. The van der Waals surface area contributed by atoms with Crippen LogP contribution in [0.15, 0.2) is 49.3 Å². The molecule has 0 saturated carbocycles. The Balaban J connectivity index is 1.16. The maximum atomic E-state index is 12.5. The molecule has 20 nitrogen and oxygen atoms in total. The van der Waals surface area contributed by atoms with Gasteiger partial charge in [0.15, 0.2) is 42.7 Å². The molecule has 9 atom stereocenters. The van der Waals surface area contributed by atoms with Gasteiger partial charge in [-0.15, -0.1) is 0 Å². The lowest BCUT2D eigenvalue weighted by Crippen LogP contribution is -2.47. The van der Waals surface area contributed by atoms with E-state index in [-0.39, 0.29) is 35.0 Å². The molecule has 3 aromatic heterocycles. The van der Waals surface area contributed by atoms with Crippen molar-refractivity contribution in [1.82, 2.24) is 19.5 Å². The highest BCUT2D eigenvalue weighted by atomic mass is 31.3. The summed E-state index contributed by atoms with van der Waals surface area (Å²) in [7, 11) is -10.8. The van der Waals surface area contributed by atoms with Gasteiger partial charge in [0.2, 0.25) is 5.79 Å². The first-order valence-corrected chi connectivity index (χ1v) is 16.1. The lowest BCUT2D eigenvalue weighted by atomic mass is 9.90. The van der Waals surface area contributed by atoms with Gasteiger partial charge in [-0.05, 0) is 12.1 Å². The average Bonchev–Trinajstić information content (AvgIpc) is 3.51. The van der Waals surface area contributed by atoms with Crippen molar-refractivity contribution < 1.29 is 67.5 Å². The van der Waals surface area contributed by atoms with Crippen LogP contribution in [0.2, 0.25) is 0 Å². The van der Waals surface area contributed by atoms with Gasteiger partial charge in [-0.3, -0.25) is 9.36 Å². The normalized spacial score (nSPS) is 31.1. The minimum Gasteiger partial charge on any atom is -0.603 e. The summed E-state index contributed by atoms with van der Waals surface area (Å²) in [6, 6.07) is 2.76. The van der Waals surface area contributed by atoms with E-state index < -0.39 is 71.7 Å². The Morgan fingerprint density at radius 2 is 1.91 bits per heavy atom. The summed E-state index contributed by atoms with van der Waals surface area (Å²) in [5.74, 6) is -4.27. The Bertz CT molecular complexity index is 1580. The van der Waals surface area contributed by atoms with Crippen LogP contribution >= 0.6 is 16.3 Å². The Morgan fingerprint density at radius 3 is 2.62 bits per heavy atom. The van der Waals surface area contributed by atoms with Crippen LogP contribution in [0.3, 0.4) is 0 Å². The van der Waals surface area contributed by atoms with Gasteiger partial charge in [-0.25, -0.2) is 15.0 Å². The molecule has 1 aliphatic carbocycles. The van der Waals surface area contributed by atoms with E-state index in [2.05, 4.69) is 23.8 Å². The molecule has 45 heavy (non-hydrogen) atoms. The van der Waals surface area contributed by atoms with Gasteiger partial charge in [-0.2, -0.15) is 23.4 Å². The number of aromatic nitrogens is 5. The van der Waals surface area contributed by atoms with Crippen molar-refractivity contribution in [3.8, 4) is 0 Å². The number of aliphatic hydroxyl groups excluding tert-OH is 3. The van der Waals surface area contributed by atoms with E-state index in [0.29, 0.717) is 0 Å². The molecule has 1 fully saturated rings. The van der Waals surface area contributed by atoms with E-state index in [1.165, 1.54) is 18.3 Å². The van der Waals surface area contributed by atoms with E-state index in [0.717, 1.165) is 17.2 Å². The van der Waals surface area contributed by atoms with E-state index >= 15 is 0 Å². The number of nitrogen functional groups attached to an aromatic ring is 1. The number of ether oxygens (including phenoxy) is 1. The molecule has 0 radical (unpaired) electrons. The Labute approximate surface area is 254 Å². The molecular weight excluding hydrogens is 644 g/mol. The summed E-state index contributed by atoms with van der Waals surface area (Å²) >= 11 is 0. The fourth-order valence-electron chi connectivity index (χ4n) is 4.83. The molecule has 1 amide bonds. The van der Waals surface area contributed by atoms with Crippen LogP contribution in [0.25, 0.3) is 11.2 Å². The van der Waals surface area contributed by atoms with Gasteiger partial charge >= 0.3 is 16.3 Å². The molecule has 0 spiro atoms. The number of rotatable bonds is 11. The summed E-state index contributed by atoms with van der Waals surface area (Å²) in [5.41, 5.74) is 11.5. The number of hydrogen-bond acceptors (Lipinski definition) is 17. The first-order chi connectivity index (χ1) is 21.1.